The van der Waals surface area contributed by atoms with Crippen LogP contribution in [-0.2, 0) is 0 Å². The van der Waals surface area contributed by atoms with Crippen molar-refractivity contribution < 1.29 is 0 Å². The summed E-state index contributed by atoms with van der Waals surface area (Å²) in [5.41, 5.74) is 2.21. The fraction of sp³-hybridized carbons (Fsp3) is 0.0714. The predicted molar refractivity (Wildman–Crippen MR) is 74.0 cm³/mol. The fourth-order valence-electron chi connectivity index (χ4n) is 2.02. The largest absolute Gasteiger partial charge is 0.342 e. The smallest absolute Gasteiger partial charge is 0.138 e. The molecule has 3 rings (SSSR count). The van der Waals surface area contributed by atoms with Crippen molar-refractivity contribution in [1.82, 2.24) is 9.97 Å². The highest BCUT2D eigenvalue weighted by atomic mass is 79.9. The van der Waals surface area contributed by atoms with Crippen LogP contribution in [0.15, 0.2) is 47.1 Å². The minimum atomic E-state index is 0.922. The maximum atomic E-state index is 4.39. The Morgan fingerprint density at radius 3 is 2.53 bits per heavy atom. The third kappa shape index (κ3) is 1.76. The van der Waals surface area contributed by atoms with E-state index < -0.39 is 0 Å². The van der Waals surface area contributed by atoms with E-state index in [1.165, 1.54) is 10.8 Å². The van der Waals surface area contributed by atoms with Crippen LogP contribution in [0.2, 0.25) is 0 Å². The third-order valence-electron chi connectivity index (χ3n) is 2.83. The fourth-order valence-corrected chi connectivity index (χ4v) is 2.50. The minimum Gasteiger partial charge on any atom is -0.342 e. The molecule has 0 unspecified atom stereocenters. The van der Waals surface area contributed by atoms with E-state index in [1.807, 2.05) is 25.3 Å². The van der Waals surface area contributed by atoms with Gasteiger partial charge >= 0.3 is 0 Å². The van der Waals surface area contributed by atoms with Gasteiger partial charge in [0.2, 0.25) is 0 Å². The summed E-state index contributed by atoms with van der Waals surface area (Å²) in [5.74, 6) is 0.922. The van der Waals surface area contributed by atoms with Crippen LogP contribution in [0.4, 0.5) is 0 Å². The number of benzene rings is 2. The third-order valence-corrected chi connectivity index (χ3v) is 3.52. The van der Waals surface area contributed by atoms with Crippen LogP contribution in [0.1, 0.15) is 5.69 Å². The van der Waals surface area contributed by atoms with Crippen molar-refractivity contribution >= 4 is 26.7 Å². The zero-order valence-corrected chi connectivity index (χ0v) is 11.0. The lowest BCUT2D eigenvalue weighted by molar-refractivity contribution is 1.26. The van der Waals surface area contributed by atoms with Gasteiger partial charge in [0.15, 0.2) is 0 Å². The van der Waals surface area contributed by atoms with E-state index >= 15 is 0 Å². The standard InChI is InChI=1S/C14H11BrN2/c1-9-8-16-14(17-9)12-6-7-13(15)11-5-3-2-4-10(11)12/h2-8H,1H3,(H,16,17). The van der Waals surface area contributed by atoms with E-state index in [0.29, 0.717) is 0 Å². The number of fused-ring (bicyclic) bond motifs is 1. The molecule has 0 saturated carbocycles. The molecule has 0 spiro atoms. The number of aryl methyl sites for hydroxylation is 1. The second-order valence-corrected chi connectivity index (χ2v) is 4.91. The van der Waals surface area contributed by atoms with Gasteiger partial charge in [-0.15, -0.1) is 0 Å². The van der Waals surface area contributed by atoms with Crippen molar-refractivity contribution in [2.24, 2.45) is 0 Å². The first-order valence-corrected chi connectivity index (χ1v) is 6.24. The number of aromatic nitrogens is 2. The number of hydrogen-bond acceptors (Lipinski definition) is 1. The molecule has 0 saturated heterocycles. The molecule has 0 aliphatic rings. The van der Waals surface area contributed by atoms with Gasteiger partial charge in [0.1, 0.15) is 5.82 Å². The number of rotatable bonds is 1. The summed E-state index contributed by atoms with van der Waals surface area (Å²) in [6, 6.07) is 12.5. The van der Waals surface area contributed by atoms with Crippen molar-refractivity contribution in [3.05, 3.63) is 52.8 Å². The summed E-state index contributed by atoms with van der Waals surface area (Å²) >= 11 is 3.58. The summed E-state index contributed by atoms with van der Waals surface area (Å²) in [6.45, 7) is 2.01. The molecule has 0 atom stereocenters. The summed E-state index contributed by atoms with van der Waals surface area (Å²) in [5, 5.41) is 2.41. The van der Waals surface area contributed by atoms with Crippen molar-refractivity contribution in [2.75, 3.05) is 0 Å². The molecule has 2 aromatic carbocycles. The molecule has 1 N–H and O–H groups in total. The highest BCUT2D eigenvalue weighted by molar-refractivity contribution is 9.10. The highest BCUT2D eigenvalue weighted by Crippen LogP contribution is 2.31. The van der Waals surface area contributed by atoms with Crippen LogP contribution < -0.4 is 0 Å². The lowest BCUT2D eigenvalue weighted by Gasteiger charge is -2.05. The Hall–Kier alpha value is -1.61. The van der Waals surface area contributed by atoms with E-state index in [2.05, 4.69) is 50.2 Å². The zero-order valence-electron chi connectivity index (χ0n) is 9.37. The SMILES string of the molecule is Cc1cnc(-c2ccc(Br)c3ccccc23)[nH]1. The Labute approximate surface area is 108 Å². The van der Waals surface area contributed by atoms with Crippen molar-refractivity contribution in [1.29, 1.82) is 0 Å². The minimum absolute atomic E-state index is 0.922. The maximum absolute atomic E-state index is 4.39. The number of H-pyrrole nitrogens is 1. The molecule has 3 aromatic rings. The number of nitrogens with one attached hydrogen (secondary N) is 1. The van der Waals surface area contributed by atoms with Gasteiger partial charge in [0.25, 0.3) is 0 Å². The van der Waals surface area contributed by atoms with Gasteiger partial charge in [-0.3, -0.25) is 0 Å². The normalized spacial score (nSPS) is 10.9. The molecule has 2 nitrogen and oxygen atoms in total. The Morgan fingerprint density at radius 1 is 1.06 bits per heavy atom. The second-order valence-electron chi connectivity index (χ2n) is 4.06. The number of imidazole rings is 1. The summed E-state index contributed by atoms with van der Waals surface area (Å²) in [6.07, 6.45) is 1.85. The first-order chi connectivity index (χ1) is 8.25. The van der Waals surface area contributed by atoms with Crippen LogP contribution in [0.5, 0.6) is 0 Å². The topological polar surface area (TPSA) is 28.7 Å². The molecule has 0 radical (unpaired) electrons. The van der Waals surface area contributed by atoms with Crippen LogP contribution in [0, 0.1) is 6.92 Å². The quantitative estimate of drug-likeness (QED) is 0.710. The molecule has 0 amide bonds. The van der Waals surface area contributed by atoms with Crippen molar-refractivity contribution in [3.8, 4) is 11.4 Å². The summed E-state index contributed by atoms with van der Waals surface area (Å²) in [7, 11) is 0. The van der Waals surface area contributed by atoms with Gasteiger partial charge in [-0.1, -0.05) is 40.2 Å². The van der Waals surface area contributed by atoms with E-state index in [-0.39, 0.29) is 0 Å². The van der Waals surface area contributed by atoms with Crippen molar-refractivity contribution in [2.45, 2.75) is 6.92 Å². The average Bonchev–Trinajstić information content (AvgIpc) is 2.77. The van der Waals surface area contributed by atoms with Gasteiger partial charge in [-0.25, -0.2) is 4.98 Å². The number of aromatic amines is 1. The summed E-state index contributed by atoms with van der Waals surface area (Å²) in [4.78, 5) is 7.67. The maximum Gasteiger partial charge on any atom is 0.138 e. The number of nitrogens with zero attached hydrogens (tertiary/aromatic N) is 1. The first kappa shape index (κ1) is 10.5. The number of hydrogen-bond donors (Lipinski definition) is 1. The van der Waals surface area contributed by atoms with Crippen LogP contribution >= 0.6 is 15.9 Å². The first-order valence-electron chi connectivity index (χ1n) is 5.45. The molecule has 0 bridgehead atoms. The Balaban J connectivity index is 2.34. The van der Waals surface area contributed by atoms with Crippen LogP contribution in [-0.4, -0.2) is 9.97 Å². The monoisotopic (exact) mass is 286 g/mol. The van der Waals surface area contributed by atoms with Gasteiger partial charge in [-0.05, 0) is 29.8 Å². The Bertz CT molecular complexity index is 686. The van der Waals surface area contributed by atoms with Gasteiger partial charge in [-0.2, -0.15) is 0 Å². The molecule has 0 aliphatic carbocycles. The molecule has 0 aliphatic heterocycles. The molecule has 1 heterocycles. The molecular formula is C14H11BrN2. The van der Waals surface area contributed by atoms with E-state index in [4.69, 9.17) is 0 Å². The molecule has 84 valence electrons. The predicted octanol–water partition coefficient (Wildman–Crippen LogP) is 4.30. The van der Waals surface area contributed by atoms with Gasteiger partial charge in [0.05, 0.1) is 0 Å². The average molecular weight is 287 g/mol. The summed E-state index contributed by atoms with van der Waals surface area (Å²) < 4.78 is 1.11. The lowest BCUT2D eigenvalue weighted by Crippen LogP contribution is -1.84. The van der Waals surface area contributed by atoms with Gasteiger partial charge < -0.3 is 4.98 Å². The lowest BCUT2D eigenvalue weighted by atomic mass is 10.0. The van der Waals surface area contributed by atoms with E-state index in [1.54, 1.807) is 0 Å². The molecule has 1 aromatic heterocycles. The van der Waals surface area contributed by atoms with E-state index in [0.717, 1.165) is 21.6 Å². The number of halogens is 1. The van der Waals surface area contributed by atoms with Crippen molar-refractivity contribution in [3.63, 3.8) is 0 Å². The molecule has 17 heavy (non-hydrogen) atoms. The molecular weight excluding hydrogens is 276 g/mol. The zero-order chi connectivity index (χ0) is 11.8. The van der Waals surface area contributed by atoms with Crippen LogP contribution in [0.25, 0.3) is 22.2 Å². The molecule has 3 heteroatoms. The molecule has 0 fully saturated rings. The van der Waals surface area contributed by atoms with E-state index in [9.17, 15) is 0 Å². The van der Waals surface area contributed by atoms with Gasteiger partial charge in [0, 0.05) is 21.9 Å². The Morgan fingerprint density at radius 2 is 1.82 bits per heavy atom. The second kappa shape index (κ2) is 4.00. The Kier molecular flexibility index (Phi) is 2.48. The van der Waals surface area contributed by atoms with Crippen LogP contribution in [0.3, 0.4) is 0 Å². The highest BCUT2D eigenvalue weighted by Gasteiger charge is 2.08.